The van der Waals surface area contributed by atoms with Crippen LogP contribution < -0.4 is 10.2 Å². The van der Waals surface area contributed by atoms with Crippen LogP contribution in [-0.2, 0) is 36.3 Å². The van der Waals surface area contributed by atoms with Gasteiger partial charge in [-0.25, -0.2) is 18.2 Å². The van der Waals surface area contributed by atoms with Crippen molar-refractivity contribution in [2.45, 2.75) is 24.2 Å². The third-order valence-corrected chi connectivity index (χ3v) is 8.50. The number of benzene rings is 1. The maximum absolute atomic E-state index is 13.2. The van der Waals surface area contributed by atoms with Crippen molar-refractivity contribution >= 4 is 39.2 Å². The molecule has 202 valence electrons. The Morgan fingerprint density at radius 2 is 1.74 bits per heavy atom. The summed E-state index contributed by atoms with van der Waals surface area (Å²) in [4.78, 5) is 19.8. The fraction of sp³-hybridized carbons (Fsp3) is 0.348. The van der Waals surface area contributed by atoms with Gasteiger partial charge in [0.1, 0.15) is 11.0 Å². The van der Waals surface area contributed by atoms with Gasteiger partial charge < -0.3 is 15.1 Å². The van der Waals surface area contributed by atoms with E-state index in [0.29, 0.717) is 18.8 Å². The standard InChI is InChI=1S/C23H23ClF3N7O3S/c1-31-12-15-13-33(14-19(15)30-31)22(35)28-17-2-4-18(5-3-17)38(36,37)34-8-6-32(7-9-34)21-11-16(23(25,26)27)10-20(24)29-21/h2-5,10-12H,6-9,13-14H2,1H3,(H,28,35). The zero-order valence-corrected chi connectivity index (χ0v) is 21.7. The van der Waals surface area contributed by atoms with Gasteiger partial charge in [-0.05, 0) is 36.4 Å². The van der Waals surface area contributed by atoms with E-state index < -0.39 is 21.8 Å². The first-order chi connectivity index (χ1) is 17.9. The van der Waals surface area contributed by atoms with E-state index in [1.54, 1.807) is 14.5 Å². The van der Waals surface area contributed by atoms with Crippen LogP contribution in [0.2, 0.25) is 5.15 Å². The molecule has 3 aromatic rings. The average Bonchev–Trinajstić information content (AvgIpc) is 3.41. The number of aryl methyl sites for hydroxylation is 1. The van der Waals surface area contributed by atoms with Gasteiger partial charge in [-0.2, -0.15) is 22.6 Å². The largest absolute Gasteiger partial charge is 0.416 e. The molecule has 15 heteroatoms. The number of aromatic nitrogens is 3. The van der Waals surface area contributed by atoms with Crippen LogP contribution in [0.3, 0.4) is 0 Å². The van der Waals surface area contributed by atoms with Gasteiger partial charge in [-0.15, -0.1) is 0 Å². The third-order valence-electron chi connectivity index (χ3n) is 6.39. The van der Waals surface area contributed by atoms with Crippen molar-refractivity contribution in [3.63, 3.8) is 0 Å². The molecule has 0 radical (unpaired) electrons. The summed E-state index contributed by atoms with van der Waals surface area (Å²) in [5, 5.41) is 6.79. The van der Waals surface area contributed by atoms with Crippen LogP contribution in [0.25, 0.3) is 0 Å². The Hall–Kier alpha value is -3.36. The summed E-state index contributed by atoms with van der Waals surface area (Å²) >= 11 is 5.78. The Balaban J connectivity index is 1.20. The molecule has 0 saturated carbocycles. The Labute approximate surface area is 221 Å². The minimum absolute atomic E-state index is 0.0407. The van der Waals surface area contributed by atoms with Crippen LogP contribution in [0.4, 0.5) is 29.5 Å². The van der Waals surface area contributed by atoms with Gasteiger partial charge >= 0.3 is 12.2 Å². The minimum atomic E-state index is -4.57. The normalized spacial score (nSPS) is 16.6. The van der Waals surface area contributed by atoms with Gasteiger partial charge in [-0.3, -0.25) is 4.68 Å². The van der Waals surface area contributed by atoms with E-state index in [9.17, 15) is 26.4 Å². The molecule has 10 nitrogen and oxygen atoms in total. The Morgan fingerprint density at radius 3 is 2.37 bits per heavy atom. The van der Waals surface area contributed by atoms with Crippen molar-refractivity contribution in [3.05, 3.63) is 64.6 Å². The Kier molecular flexibility index (Phi) is 6.73. The number of piperazine rings is 1. The molecule has 1 saturated heterocycles. The summed E-state index contributed by atoms with van der Waals surface area (Å²) in [5.74, 6) is 0.0407. The maximum atomic E-state index is 13.2. The van der Waals surface area contributed by atoms with Crippen molar-refractivity contribution < 1.29 is 26.4 Å². The Morgan fingerprint density at radius 1 is 1.05 bits per heavy atom. The van der Waals surface area contributed by atoms with Gasteiger partial charge in [0.15, 0.2) is 0 Å². The molecule has 4 heterocycles. The Bertz CT molecular complexity index is 1450. The van der Waals surface area contributed by atoms with Gasteiger partial charge in [0.05, 0.1) is 29.2 Å². The van der Waals surface area contributed by atoms with Crippen molar-refractivity contribution in [2.24, 2.45) is 7.05 Å². The fourth-order valence-corrected chi connectivity index (χ4v) is 6.09. The molecule has 0 spiro atoms. The molecule has 5 rings (SSSR count). The lowest BCUT2D eigenvalue weighted by Gasteiger charge is -2.35. The second-order valence-electron chi connectivity index (χ2n) is 9.01. The first-order valence-electron chi connectivity index (χ1n) is 11.6. The second-order valence-corrected chi connectivity index (χ2v) is 11.3. The number of nitrogens with zero attached hydrogens (tertiary/aromatic N) is 6. The highest BCUT2D eigenvalue weighted by Gasteiger charge is 2.34. The number of halogens is 4. The van der Waals surface area contributed by atoms with Gasteiger partial charge in [-0.1, -0.05) is 11.6 Å². The van der Waals surface area contributed by atoms with E-state index in [4.69, 9.17) is 11.6 Å². The summed E-state index contributed by atoms with van der Waals surface area (Å²) in [6.07, 6.45) is -2.71. The summed E-state index contributed by atoms with van der Waals surface area (Å²) in [6, 6.07) is 7.17. The number of fused-ring (bicyclic) bond motifs is 1. The number of carbonyl (C=O) groups excluding carboxylic acids is 1. The summed E-state index contributed by atoms with van der Waals surface area (Å²) in [7, 11) is -2.03. The van der Waals surface area contributed by atoms with E-state index in [1.165, 1.54) is 28.6 Å². The van der Waals surface area contributed by atoms with E-state index in [0.717, 1.165) is 23.4 Å². The number of pyridine rings is 1. The minimum Gasteiger partial charge on any atom is -0.354 e. The molecule has 0 aliphatic carbocycles. The number of rotatable bonds is 4. The van der Waals surface area contributed by atoms with Gasteiger partial charge in [0, 0.05) is 50.7 Å². The molecule has 1 aromatic carbocycles. The molecule has 38 heavy (non-hydrogen) atoms. The van der Waals surface area contributed by atoms with Crippen LogP contribution in [-0.4, -0.2) is 64.6 Å². The average molecular weight is 570 g/mol. The van der Waals surface area contributed by atoms with Crippen LogP contribution in [0.5, 0.6) is 0 Å². The molecule has 0 atom stereocenters. The number of urea groups is 1. The van der Waals surface area contributed by atoms with Crippen molar-refractivity contribution in [1.29, 1.82) is 0 Å². The highest BCUT2D eigenvalue weighted by molar-refractivity contribution is 7.89. The molecule has 2 aliphatic rings. The number of alkyl halides is 3. The molecule has 1 N–H and O–H groups in total. The number of anilines is 2. The molecule has 2 aromatic heterocycles. The summed E-state index contributed by atoms with van der Waals surface area (Å²) < 4.78 is 68.7. The predicted octanol–water partition coefficient (Wildman–Crippen LogP) is 3.55. The first kappa shape index (κ1) is 26.3. The van der Waals surface area contributed by atoms with Crippen molar-refractivity contribution in [2.75, 3.05) is 36.4 Å². The van der Waals surface area contributed by atoms with E-state index in [2.05, 4.69) is 15.4 Å². The predicted molar refractivity (Wildman–Crippen MR) is 133 cm³/mol. The zero-order valence-electron chi connectivity index (χ0n) is 20.1. The van der Waals surface area contributed by atoms with Crippen LogP contribution in [0.1, 0.15) is 16.8 Å². The van der Waals surface area contributed by atoms with Crippen molar-refractivity contribution in [3.8, 4) is 0 Å². The molecule has 2 aliphatic heterocycles. The molecule has 0 bridgehead atoms. The molecular formula is C23H23ClF3N7O3S. The molecule has 2 amide bonds. The van der Waals surface area contributed by atoms with E-state index in [-0.39, 0.29) is 48.1 Å². The number of amides is 2. The van der Waals surface area contributed by atoms with E-state index in [1.807, 2.05) is 13.2 Å². The third kappa shape index (κ3) is 5.28. The summed E-state index contributed by atoms with van der Waals surface area (Å²) in [5.41, 5.74) is 1.35. The highest BCUT2D eigenvalue weighted by Crippen LogP contribution is 2.33. The van der Waals surface area contributed by atoms with Crippen molar-refractivity contribution in [1.82, 2.24) is 24.0 Å². The number of hydrogen-bond acceptors (Lipinski definition) is 6. The van der Waals surface area contributed by atoms with Gasteiger partial charge in [0.2, 0.25) is 10.0 Å². The monoisotopic (exact) mass is 569 g/mol. The highest BCUT2D eigenvalue weighted by atomic mass is 35.5. The van der Waals surface area contributed by atoms with Gasteiger partial charge in [0.25, 0.3) is 0 Å². The number of sulfonamides is 1. The number of carbonyl (C=O) groups is 1. The van der Waals surface area contributed by atoms with Crippen LogP contribution >= 0.6 is 11.6 Å². The fourth-order valence-electron chi connectivity index (χ4n) is 4.46. The zero-order chi connectivity index (χ0) is 27.2. The van der Waals surface area contributed by atoms with Crippen LogP contribution in [0, 0.1) is 0 Å². The topological polar surface area (TPSA) is 104 Å². The summed E-state index contributed by atoms with van der Waals surface area (Å²) in [6.45, 7) is 1.23. The number of hydrogen-bond donors (Lipinski definition) is 1. The molecular weight excluding hydrogens is 547 g/mol. The SMILES string of the molecule is Cn1cc2c(n1)CN(C(=O)Nc1ccc(S(=O)(=O)N3CCN(c4cc(C(F)(F)F)cc(Cl)n4)CC3)cc1)C2. The molecule has 0 unspecified atom stereocenters. The number of nitrogens with one attached hydrogen (secondary N) is 1. The quantitative estimate of drug-likeness (QED) is 0.482. The van der Waals surface area contributed by atoms with E-state index >= 15 is 0 Å². The molecule has 1 fully saturated rings. The maximum Gasteiger partial charge on any atom is 0.416 e. The lowest BCUT2D eigenvalue weighted by Crippen LogP contribution is -2.49. The smallest absolute Gasteiger partial charge is 0.354 e. The van der Waals surface area contributed by atoms with Crippen LogP contribution in [0.15, 0.2) is 47.5 Å². The lowest BCUT2D eigenvalue weighted by atomic mass is 10.2. The lowest BCUT2D eigenvalue weighted by molar-refractivity contribution is -0.137. The second kappa shape index (κ2) is 9.75. The first-order valence-corrected chi connectivity index (χ1v) is 13.4.